The van der Waals surface area contributed by atoms with Crippen LogP contribution in [0.25, 0.3) is 0 Å². The molecule has 1 rings (SSSR count). The summed E-state index contributed by atoms with van der Waals surface area (Å²) in [5.41, 5.74) is 0.815. The molecule has 0 unspecified atom stereocenters. The zero-order valence-corrected chi connectivity index (χ0v) is 12.6. The Labute approximate surface area is 115 Å². The minimum absolute atomic E-state index is 0.0367. The second kappa shape index (κ2) is 6.55. The van der Waals surface area contributed by atoms with Crippen molar-refractivity contribution in [1.82, 2.24) is 4.31 Å². The van der Waals surface area contributed by atoms with Gasteiger partial charge in [0.15, 0.2) is 0 Å². The number of hydrogen-bond donors (Lipinski definition) is 0. The molecular weight excluding hydrogens is 270 g/mol. The Hall–Kier alpha value is -0.580. The maximum Gasteiger partial charge on any atom is 0.243 e. The summed E-state index contributed by atoms with van der Waals surface area (Å²) in [6.45, 7) is 3.99. The number of nitrogens with zero attached hydrogens (tertiary/aromatic N) is 1. The van der Waals surface area contributed by atoms with Crippen molar-refractivity contribution in [3.8, 4) is 0 Å². The zero-order chi connectivity index (χ0) is 13.8. The van der Waals surface area contributed by atoms with Gasteiger partial charge in [0.1, 0.15) is 0 Å². The molecule has 102 valence electrons. The van der Waals surface area contributed by atoms with Crippen LogP contribution >= 0.6 is 11.6 Å². The van der Waals surface area contributed by atoms with Crippen LogP contribution in [-0.4, -0.2) is 25.8 Å². The largest absolute Gasteiger partial charge is 0.243 e. The normalized spacial score (nSPS) is 12.3. The molecule has 0 saturated heterocycles. The van der Waals surface area contributed by atoms with Gasteiger partial charge < -0.3 is 0 Å². The molecule has 1 aromatic carbocycles. The van der Waals surface area contributed by atoms with E-state index in [-0.39, 0.29) is 6.04 Å². The Morgan fingerprint density at radius 3 is 2.39 bits per heavy atom. The molecule has 0 bridgehead atoms. The Morgan fingerprint density at radius 2 is 1.89 bits per heavy atom. The number of rotatable bonds is 6. The summed E-state index contributed by atoms with van der Waals surface area (Å²) in [7, 11) is -1.78. The third-order valence-electron chi connectivity index (χ3n) is 3.19. The van der Waals surface area contributed by atoms with E-state index in [0.29, 0.717) is 10.8 Å². The quantitative estimate of drug-likeness (QED) is 0.754. The molecule has 1 aromatic rings. The van der Waals surface area contributed by atoms with Crippen LogP contribution in [0.5, 0.6) is 0 Å². The second-order valence-corrected chi connectivity index (χ2v) is 6.54. The van der Waals surface area contributed by atoms with E-state index < -0.39 is 10.0 Å². The highest BCUT2D eigenvalue weighted by atomic mass is 35.5. The third-order valence-corrected chi connectivity index (χ3v) is 5.40. The van der Waals surface area contributed by atoms with Crippen LogP contribution in [0.4, 0.5) is 0 Å². The second-order valence-electron chi connectivity index (χ2n) is 4.27. The number of sulfonamides is 1. The first kappa shape index (κ1) is 15.5. The maximum absolute atomic E-state index is 12.4. The molecule has 0 atom stereocenters. The topological polar surface area (TPSA) is 37.4 Å². The summed E-state index contributed by atoms with van der Waals surface area (Å²) in [6.07, 6.45) is 1.61. The van der Waals surface area contributed by atoms with Gasteiger partial charge in [-0.25, -0.2) is 8.42 Å². The first-order valence-electron chi connectivity index (χ1n) is 6.10. The Balaban J connectivity index is 3.12. The zero-order valence-electron chi connectivity index (χ0n) is 11.1. The van der Waals surface area contributed by atoms with Crippen molar-refractivity contribution in [1.29, 1.82) is 0 Å². The van der Waals surface area contributed by atoms with Crippen LogP contribution in [0.1, 0.15) is 32.3 Å². The molecule has 0 aromatic heterocycles. The van der Waals surface area contributed by atoms with E-state index >= 15 is 0 Å². The molecule has 0 amide bonds. The van der Waals surface area contributed by atoms with E-state index in [1.807, 2.05) is 19.9 Å². The minimum Gasteiger partial charge on any atom is -0.207 e. The van der Waals surface area contributed by atoms with Gasteiger partial charge in [-0.05, 0) is 30.5 Å². The molecule has 0 fully saturated rings. The predicted molar refractivity (Wildman–Crippen MR) is 75.3 cm³/mol. The van der Waals surface area contributed by atoms with Gasteiger partial charge in [-0.15, -0.1) is 11.6 Å². The fourth-order valence-corrected chi connectivity index (χ4v) is 3.69. The van der Waals surface area contributed by atoms with Gasteiger partial charge in [0.25, 0.3) is 0 Å². The van der Waals surface area contributed by atoms with E-state index in [9.17, 15) is 8.42 Å². The third kappa shape index (κ3) is 3.25. The van der Waals surface area contributed by atoms with Crippen LogP contribution in [-0.2, 0) is 15.9 Å². The van der Waals surface area contributed by atoms with Crippen molar-refractivity contribution in [2.45, 2.75) is 43.5 Å². The fourth-order valence-electron chi connectivity index (χ4n) is 1.95. The smallest absolute Gasteiger partial charge is 0.207 e. The van der Waals surface area contributed by atoms with Crippen LogP contribution in [0.2, 0.25) is 0 Å². The summed E-state index contributed by atoms with van der Waals surface area (Å²) < 4.78 is 26.3. The lowest BCUT2D eigenvalue weighted by Crippen LogP contribution is -2.36. The molecule has 0 aliphatic carbocycles. The highest BCUT2D eigenvalue weighted by Crippen LogP contribution is 2.20. The van der Waals surface area contributed by atoms with Crippen molar-refractivity contribution in [3.05, 3.63) is 29.8 Å². The van der Waals surface area contributed by atoms with Crippen molar-refractivity contribution in [3.63, 3.8) is 0 Å². The Morgan fingerprint density at radius 1 is 1.28 bits per heavy atom. The Bertz CT molecular complexity index is 484. The summed E-state index contributed by atoms with van der Waals surface area (Å²) in [6, 6.07) is 6.84. The van der Waals surface area contributed by atoms with E-state index in [1.165, 1.54) is 4.31 Å². The molecule has 5 heteroatoms. The minimum atomic E-state index is -3.42. The number of alkyl halides is 1. The lowest BCUT2D eigenvalue weighted by molar-refractivity contribution is 0.349. The average Bonchev–Trinajstić information content (AvgIpc) is 2.40. The van der Waals surface area contributed by atoms with Crippen molar-refractivity contribution >= 4 is 21.6 Å². The van der Waals surface area contributed by atoms with Crippen LogP contribution in [0.3, 0.4) is 0 Å². The first-order chi connectivity index (χ1) is 8.47. The van der Waals surface area contributed by atoms with Crippen LogP contribution in [0.15, 0.2) is 29.2 Å². The predicted octanol–water partition coefficient (Wildman–Crippen LogP) is 3.23. The number of benzene rings is 1. The van der Waals surface area contributed by atoms with Crippen molar-refractivity contribution < 1.29 is 8.42 Å². The van der Waals surface area contributed by atoms with Gasteiger partial charge in [0.2, 0.25) is 10.0 Å². The monoisotopic (exact) mass is 289 g/mol. The summed E-state index contributed by atoms with van der Waals surface area (Å²) in [4.78, 5) is 0.315. The van der Waals surface area contributed by atoms with Gasteiger partial charge in [0.05, 0.1) is 4.90 Å². The maximum atomic E-state index is 12.4. The first-order valence-corrected chi connectivity index (χ1v) is 8.07. The van der Waals surface area contributed by atoms with Gasteiger partial charge in [-0.1, -0.05) is 26.0 Å². The number of hydrogen-bond acceptors (Lipinski definition) is 2. The highest BCUT2D eigenvalue weighted by Gasteiger charge is 2.25. The van der Waals surface area contributed by atoms with E-state index in [4.69, 9.17) is 11.6 Å². The SMILES string of the molecule is CCC(CC)N(C)S(=O)(=O)c1cccc(CCl)c1. The van der Waals surface area contributed by atoms with E-state index in [1.54, 1.807) is 25.2 Å². The lowest BCUT2D eigenvalue weighted by atomic mass is 10.2. The highest BCUT2D eigenvalue weighted by molar-refractivity contribution is 7.89. The summed E-state index contributed by atoms with van der Waals surface area (Å²) in [5.74, 6) is 0.318. The molecule has 0 aliphatic rings. The van der Waals surface area contributed by atoms with Gasteiger partial charge in [0, 0.05) is 19.0 Å². The van der Waals surface area contributed by atoms with Gasteiger partial charge in [-0.3, -0.25) is 0 Å². The Kier molecular flexibility index (Phi) is 5.63. The fraction of sp³-hybridized carbons (Fsp3) is 0.538. The van der Waals surface area contributed by atoms with Gasteiger partial charge in [-0.2, -0.15) is 4.31 Å². The molecular formula is C13H20ClNO2S. The molecule has 0 saturated carbocycles. The molecule has 0 aliphatic heterocycles. The van der Waals surface area contributed by atoms with E-state index in [2.05, 4.69) is 0 Å². The molecule has 0 heterocycles. The molecule has 0 spiro atoms. The molecule has 18 heavy (non-hydrogen) atoms. The van der Waals surface area contributed by atoms with Crippen molar-refractivity contribution in [2.75, 3.05) is 7.05 Å². The molecule has 0 N–H and O–H groups in total. The van der Waals surface area contributed by atoms with Crippen LogP contribution < -0.4 is 0 Å². The lowest BCUT2D eigenvalue weighted by Gasteiger charge is -2.25. The van der Waals surface area contributed by atoms with Gasteiger partial charge >= 0.3 is 0 Å². The summed E-state index contributed by atoms with van der Waals surface area (Å²) in [5, 5.41) is 0. The molecule has 0 radical (unpaired) electrons. The summed E-state index contributed by atoms with van der Waals surface area (Å²) >= 11 is 5.74. The number of halogens is 1. The van der Waals surface area contributed by atoms with E-state index in [0.717, 1.165) is 18.4 Å². The molecule has 3 nitrogen and oxygen atoms in total. The standard InChI is InChI=1S/C13H20ClNO2S/c1-4-12(5-2)15(3)18(16,17)13-8-6-7-11(9-13)10-14/h6-9,12H,4-5,10H2,1-3H3. The van der Waals surface area contributed by atoms with Crippen molar-refractivity contribution in [2.24, 2.45) is 0 Å². The average molecular weight is 290 g/mol. The van der Waals surface area contributed by atoms with Crippen LogP contribution in [0, 0.1) is 0 Å².